The molecule has 9 heteroatoms. The van der Waals surface area contributed by atoms with Crippen molar-refractivity contribution in [2.75, 3.05) is 18.5 Å². The van der Waals surface area contributed by atoms with E-state index in [2.05, 4.69) is 10.4 Å². The van der Waals surface area contributed by atoms with Crippen LogP contribution in [0.4, 0.5) is 5.00 Å². The molecular formula is C17H21N3O5S. The zero-order valence-corrected chi connectivity index (χ0v) is 15.9. The van der Waals surface area contributed by atoms with E-state index in [0.717, 1.165) is 16.9 Å². The van der Waals surface area contributed by atoms with Crippen LogP contribution in [0, 0.1) is 13.8 Å². The maximum Gasteiger partial charge on any atom is 0.348 e. The third kappa shape index (κ3) is 4.48. The maximum absolute atomic E-state index is 12.3. The van der Waals surface area contributed by atoms with Crippen LogP contribution in [0.2, 0.25) is 0 Å². The number of esters is 2. The van der Waals surface area contributed by atoms with Crippen LogP contribution in [-0.2, 0) is 20.8 Å². The summed E-state index contributed by atoms with van der Waals surface area (Å²) in [6.07, 6.45) is 3.38. The van der Waals surface area contributed by atoms with Gasteiger partial charge in [-0.1, -0.05) is 0 Å². The number of hydrogen-bond acceptors (Lipinski definition) is 7. The fourth-order valence-electron chi connectivity index (χ4n) is 2.31. The highest BCUT2D eigenvalue weighted by Gasteiger charge is 2.27. The number of nitrogens with one attached hydrogen (secondary N) is 1. The van der Waals surface area contributed by atoms with E-state index in [-0.39, 0.29) is 41.1 Å². The Hall–Kier alpha value is -2.68. The van der Waals surface area contributed by atoms with Crippen LogP contribution in [0.25, 0.3) is 0 Å². The van der Waals surface area contributed by atoms with Crippen LogP contribution in [0.1, 0.15) is 45.0 Å². The van der Waals surface area contributed by atoms with Gasteiger partial charge in [0.05, 0.1) is 25.0 Å². The van der Waals surface area contributed by atoms with Gasteiger partial charge in [-0.3, -0.25) is 9.48 Å². The molecule has 2 aromatic heterocycles. The summed E-state index contributed by atoms with van der Waals surface area (Å²) in [5.41, 5.74) is 1.53. The Kier molecular flexibility index (Phi) is 6.51. The van der Waals surface area contributed by atoms with Crippen molar-refractivity contribution >= 4 is 34.2 Å². The standard InChI is InChI=1S/C17H21N3O5S/c1-5-24-16(22)13-11(4)14(17(23)25-6-2)26-15(13)19-12(21)9-20-8-10(3)7-18-20/h7-8H,5-6,9H2,1-4H3,(H,19,21). The zero-order chi connectivity index (χ0) is 19.3. The van der Waals surface area contributed by atoms with Crippen LogP contribution in [-0.4, -0.2) is 40.8 Å². The monoisotopic (exact) mass is 379 g/mol. The molecule has 0 aromatic carbocycles. The topological polar surface area (TPSA) is 99.5 Å². The van der Waals surface area contributed by atoms with Crippen molar-refractivity contribution in [3.8, 4) is 0 Å². The van der Waals surface area contributed by atoms with Crippen molar-refractivity contribution in [2.45, 2.75) is 34.2 Å². The molecule has 0 fully saturated rings. The highest BCUT2D eigenvalue weighted by Crippen LogP contribution is 2.34. The van der Waals surface area contributed by atoms with Gasteiger partial charge in [-0.25, -0.2) is 9.59 Å². The summed E-state index contributed by atoms with van der Waals surface area (Å²) >= 11 is 0.995. The smallest absolute Gasteiger partial charge is 0.348 e. The molecule has 0 bridgehead atoms. The van der Waals surface area contributed by atoms with E-state index in [4.69, 9.17) is 9.47 Å². The number of carbonyl (C=O) groups is 3. The molecule has 26 heavy (non-hydrogen) atoms. The first-order valence-electron chi connectivity index (χ1n) is 8.13. The van der Waals surface area contributed by atoms with Gasteiger partial charge in [0.1, 0.15) is 16.4 Å². The van der Waals surface area contributed by atoms with Gasteiger partial charge in [0.25, 0.3) is 0 Å². The van der Waals surface area contributed by atoms with E-state index in [1.807, 2.05) is 6.92 Å². The molecule has 0 aliphatic rings. The molecule has 140 valence electrons. The fraction of sp³-hybridized carbons (Fsp3) is 0.412. The molecule has 0 atom stereocenters. The van der Waals surface area contributed by atoms with Gasteiger partial charge in [-0.15, -0.1) is 11.3 Å². The molecule has 0 spiro atoms. The molecule has 0 aliphatic heterocycles. The number of anilines is 1. The van der Waals surface area contributed by atoms with Crippen LogP contribution < -0.4 is 5.32 Å². The Labute approximate surface area is 155 Å². The molecule has 1 N–H and O–H groups in total. The maximum atomic E-state index is 12.3. The van der Waals surface area contributed by atoms with E-state index in [0.29, 0.717) is 5.56 Å². The second-order valence-electron chi connectivity index (χ2n) is 5.46. The third-order valence-electron chi connectivity index (χ3n) is 3.41. The van der Waals surface area contributed by atoms with Crippen LogP contribution in [0.5, 0.6) is 0 Å². The lowest BCUT2D eigenvalue weighted by molar-refractivity contribution is -0.116. The lowest BCUT2D eigenvalue weighted by Gasteiger charge is -2.07. The van der Waals surface area contributed by atoms with Crippen molar-refractivity contribution in [1.29, 1.82) is 0 Å². The molecule has 1 amide bonds. The van der Waals surface area contributed by atoms with Crippen molar-refractivity contribution in [3.63, 3.8) is 0 Å². The van der Waals surface area contributed by atoms with Gasteiger partial charge in [0.15, 0.2) is 0 Å². The van der Waals surface area contributed by atoms with Gasteiger partial charge >= 0.3 is 11.9 Å². The van der Waals surface area contributed by atoms with E-state index in [1.54, 1.807) is 33.2 Å². The molecule has 0 saturated heterocycles. The molecule has 2 aromatic rings. The predicted molar refractivity (Wildman–Crippen MR) is 96.6 cm³/mol. The van der Waals surface area contributed by atoms with E-state index < -0.39 is 11.9 Å². The minimum atomic E-state index is -0.595. The molecule has 2 heterocycles. The normalized spacial score (nSPS) is 10.5. The molecular weight excluding hydrogens is 358 g/mol. The molecule has 0 saturated carbocycles. The Bertz CT molecular complexity index is 824. The number of ether oxygens (including phenoxy) is 2. The number of thiophene rings is 1. The number of carbonyl (C=O) groups excluding carboxylic acids is 3. The van der Waals surface area contributed by atoms with Crippen LogP contribution in [0.3, 0.4) is 0 Å². The molecule has 8 nitrogen and oxygen atoms in total. The molecule has 0 aliphatic carbocycles. The molecule has 0 unspecified atom stereocenters. The van der Waals surface area contributed by atoms with E-state index in [9.17, 15) is 14.4 Å². The lowest BCUT2D eigenvalue weighted by Crippen LogP contribution is -2.20. The summed E-state index contributed by atoms with van der Waals surface area (Å²) in [6.45, 7) is 7.26. The Balaban J connectivity index is 2.29. The quantitative estimate of drug-likeness (QED) is 0.742. The SMILES string of the molecule is CCOC(=O)c1sc(NC(=O)Cn2cc(C)cn2)c(C(=O)OCC)c1C. The Morgan fingerprint density at radius 1 is 1.15 bits per heavy atom. The number of amides is 1. The highest BCUT2D eigenvalue weighted by atomic mass is 32.1. The van der Waals surface area contributed by atoms with Crippen molar-refractivity contribution in [1.82, 2.24) is 9.78 Å². The first-order chi connectivity index (χ1) is 12.4. The van der Waals surface area contributed by atoms with Gasteiger partial charge in [-0.2, -0.15) is 5.10 Å². The fourth-order valence-corrected chi connectivity index (χ4v) is 3.41. The van der Waals surface area contributed by atoms with Crippen molar-refractivity contribution in [2.24, 2.45) is 0 Å². The van der Waals surface area contributed by atoms with Crippen molar-refractivity contribution in [3.05, 3.63) is 34.0 Å². The highest BCUT2D eigenvalue weighted by molar-refractivity contribution is 7.18. The van der Waals surface area contributed by atoms with Crippen LogP contribution >= 0.6 is 11.3 Å². The summed E-state index contributed by atoms with van der Waals surface area (Å²) in [5, 5.41) is 6.99. The predicted octanol–water partition coefficient (Wildman–Crippen LogP) is 2.55. The average molecular weight is 379 g/mol. The summed E-state index contributed by atoms with van der Waals surface area (Å²) < 4.78 is 11.6. The van der Waals surface area contributed by atoms with Crippen LogP contribution in [0.15, 0.2) is 12.4 Å². The lowest BCUT2D eigenvalue weighted by atomic mass is 10.1. The first-order valence-corrected chi connectivity index (χ1v) is 8.95. The number of aromatic nitrogens is 2. The number of aryl methyl sites for hydroxylation is 1. The molecule has 2 rings (SSSR count). The number of rotatable bonds is 7. The number of hydrogen-bond donors (Lipinski definition) is 1. The second-order valence-corrected chi connectivity index (χ2v) is 6.49. The zero-order valence-electron chi connectivity index (χ0n) is 15.1. The molecule has 0 radical (unpaired) electrons. The van der Waals surface area contributed by atoms with Gasteiger partial charge in [0, 0.05) is 6.20 Å². The van der Waals surface area contributed by atoms with Gasteiger partial charge in [-0.05, 0) is 38.8 Å². The second kappa shape index (κ2) is 8.61. The summed E-state index contributed by atoms with van der Waals surface area (Å²) in [6, 6.07) is 0. The summed E-state index contributed by atoms with van der Waals surface area (Å²) in [4.78, 5) is 37.0. The minimum absolute atomic E-state index is 0.0121. The summed E-state index contributed by atoms with van der Waals surface area (Å²) in [5.74, 6) is -1.50. The van der Waals surface area contributed by atoms with Crippen molar-refractivity contribution < 1.29 is 23.9 Å². The minimum Gasteiger partial charge on any atom is -0.462 e. The third-order valence-corrected chi connectivity index (χ3v) is 4.60. The van der Waals surface area contributed by atoms with Gasteiger partial charge < -0.3 is 14.8 Å². The Morgan fingerprint density at radius 2 is 1.81 bits per heavy atom. The Morgan fingerprint density at radius 3 is 2.38 bits per heavy atom. The summed E-state index contributed by atoms with van der Waals surface area (Å²) in [7, 11) is 0. The average Bonchev–Trinajstić information content (AvgIpc) is 3.11. The van der Waals surface area contributed by atoms with E-state index in [1.165, 1.54) is 4.68 Å². The van der Waals surface area contributed by atoms with E-state index >= 15 is 0 Å². The first kappa shape index (κ1) is 19.6. The largest absolute Gasteiger partial charge is 0.462 e. The van der Waals surface area contributed by atoms with Gasteiger partial charge in [0.2, 0.25) is 5.91 Å². The number of nitrogens with zero attached hydrogens (tertiary/aromatic N) is 2.